The van der Waals surface area contributed by atoms with Crippen LogP contribution in [0.1, 0.15) is 24.8 Å². The van der Waals surface area contributed by atoms with Gasteiger partial charge in [0, 0.05) is 31.6 Å². The molecule has 0 aromatic heterocycles. The molecule has 3 fully saturated rings. The average molecular weight is 343 g/mol. The van der Waals surface area contributed by atoms with Crippen LogP contribution in [0.3, 0.4) is 0 Å². The standard InChI is InChI=1S/C19H25N3O3/c1-21-11-14(12-21)22-10-13(9-17(22)23)18(24)20-19(7-8-19)15-5-3-4-6-16(15)25-2/h3-6,13-14H,7-12H2,1-2H3,(H,20,24). The number of likely N-dealkylation sites (N-methyl/N-ethyl adjacent to an activating group) is 1. The smallest absolute Gasteiger partial charge is 0.226 e. The van der Waals surface area contributed by atoms with Crippen LogP contribution in [0.2, 0.25) is 0 Å². The number of amides is 2. The highest BCUT2D eigenvalue weighted by molar-refractivity contribution is 5.90. The van der Waals surface area contributed by atoms with E-state index < -0.39 is 0 Å². The molecule has 25 heavy (non-hydrogen) atoms. The fourth-order valence-electron chi connectivity index (χ4n) is 4.09. The van der Waals surface area contributed by atoms with Crippen LogP contribution in [0, 0.1) is 5.92 Å². The third kappa shape index (κ3) is 2.88. The van der Waals surface area contributed by atoms with E-state index >= 15 is 0 Å². The molecule has 1 saturated carbocycles. The first-order valence-electron chi connectivity index (χ1n) is 8.96. The number of hydrogen-bond donors (Lipinski definition) is 1. The number of nitrogens with one attached hydrogen (secondary N) is 1. The summed E-state index contributed by atoms with van der Waals surface area (Å²) in [6, 6.07) is 8.12. The molecule has 134 valence electrons. The summed E-state index contributed by atoms with van der Waals surface area (Å²) in [6.07, 6.45) is 2.15. The van der Waals surface area contributed by atoms with Gasteiger partial charge in [0.05, 0.1) is 24.6 Å². The number of rotatable bonds is 5. The molecule has 1 N–H and O–H groups in total. The van der Waals surface area contributed by atoms with Gasteiger partial charge in [0.2, 0.25) is 11.8 Å². The van der Waals surface area contributed by atoms with E-state index in [1.54, 1.807) is 7.11 Å². The number of likely N-dealkylation sites (tertiary alicyclic amines) is 2. The molecule has 6 nitrogen and oxygen atoms in total. The molecule has 3 aliphatic rings. The summed E-state index contributed by atoms with van der Waals surface area (Å²) < 4.78 is 5.46. The average Bonchev–Trinajstić information content (AvgIpc) is 3.26. The summed E-state index contributed by atoms with van der Waals surface area (Å²) in [6.45, 7) is 2.36. The molecule has 0 bridgehead atoms. The molecule has 2 amide bonds. The molecule has 6 heteroatoms. The molecule has 2 aliphatic heterocycles. The van der Waals surface area contributed by atoms with Crippen LogP contribution in [0.15, 0.2) is 24.3 Å². The highest BCUT2D eigenvalue weighted by Crippen LogP contribution is 2.49. The van der Waals surface area contributed by atoms with Crippen molar-refractivity contribution in [2.45, 2.75) is 30.8 Å². The zero-order valence-electron chi connectivity index (χ0n) is 14.8. The van der Waals surface area contributed by atoms with Gasteiger partial charge in [-0.25, -0.2) is 0 Å². The number of carbonyl (C=O) groups is 2. The number of hydrogen-bond acceptors (Lipinski definition) is 4. The van der Waals surface area contributed by atoms with E-state index in [1.807, 2.05) is 36.2 Å². The second-order valence-electron chi connectivity index (χ2n) is 7.59. The van der Waals surface area contributed by atoms with Crippen molar-refractivity contribution < 1.29 is 14.3 Å². The van der Waals surface area contributed by atoms with Gasteiger partial charge in [-0.3, -0.25) is 9.59 Å². The minimum Gasteiger partial charge on any atom is -0.496 e. The van der Waals surface area contributed by atoms with E-state index in [-0.39, 0.29) is 29.3 Å². The summed E-state index contributed by atoms with van der Waals surface area (Å²) >= 11 is 0. The Bertz CT molecular complexity index is 695. The largest absolute Gasteiger partial charge is 0.496 e. The van der Waals surface area contributed by atoms with Crippen molar-refractivity contribution in [2.24, 2.45) is 5.92 Å². The maximum Gasteiger partial charge on any atom is 0.226 e. The van der Waals surface area contributed by atoms with Crippen LogP contribution in [0.5, 0.6) is 5.75 Å². The van der Waals surface area contributed by atoms with Gasteiger partial charge in [0.15, 0.2) is 0 Å². The Labute approximate surface area is 148 Å². The van der Waals surface area contributed by atoms with E-state index in [2.05, 4.69) is 10.2 Å². The molecule has 2 heterocycles. The van der Waals surface area contributed by atoms with Crippen LogP contribution in [-0.4, -0.2) is 61.4 Å². The second kappa shape index (κ2) is 6.02. The van der Waals surface area contributed by atoms with Gasteiger partial charge in [-0.05, 0) is 26.0 Å². The normalized spacial score (nSPS) is 25.6. The van der Waals surface area contributed by atoms with Crippen LogP contribution in [0.4, 0.5) is 0 Å². The van der Waals surface area contributed by atoms with Crippen molar-refractivity contribution in [2.75, 3.05) is 33.8 Å². The summed E-state index contributed by atoms with van der Waals surface area (Å²) in [5.41, 5.74) is 0.712. The molecule has 1 aromatic rings. The first-order valence-corrected chi connectivity index (χ1v) is 8.96. The lowest BCUT2D eigenvalue weighted by atomic mass is 10.0. The highest BCUT2D eigenvalue weighted by atomic mass is 16.5. The Morgan fingerprint density at radius 2 is 1.96 bits per heavy atom. The van der Waals surface area contributed by atoms with Crippen molar-refractivity contribution in [3.63, 3.8) is 0 Å². The Morgan fingerprint density at radius 1 is 1.24 bits per heavy atom. The maximum absolute atomic E-state index is 12.8. The van der Waals surface area contributed by atoms with Crippen LogP contribution < -0.4 is 10.1 Å². The van der Waals surface area contributed by atoms with E-state index in [9.17, 15) is 9.59 Å². The summed E-state index contributed by atoms with van der Waals surface area (Å²) in [5.74, 6) is 0.667. The Morgan fingerprint density at radius 3 is 2.60 bits per heavy atom. The predicted molar refractivity (Wildman–Crippen MR) is 93.2 cm³/mol. The summed E-state index contributed by atoms with van der Waals surface area (Å²) in [4.78, 5) is 29.2. The molecule has 4 rings (SSSR count). The van der Waals surface area contributed by atoms with Gasteiger partial charge >= 0.3 is 0 Å². The quantitative estimate of drug-likeness (QED) is 0.865. The van der Waals surface area contributed by atoms with Crippen molar-refractivity contribution >= 4 is 11.8 Å². The number of nitrogens with zero attached hydrogens (tertiary/aromatic N) is 2. The van der Waals surface area contributed by atoms with E-state index in [1.165, 1.54) is 0 Å². The zero-order chi connectivity index (χ0) is 17.6. The van der Waals surface area contributed by atoms with Crippen LogP contribution in [-0.2, 0) is 15.1 Å². The minimum absolute atomic E-state index is 0.00747. The zero-order valence-corrected chi connectivity index (χ0v) is 14.8. The minimum atomic E-state index is -0.323. The lowest BCUT2D eigenvalue weighted by Gasteiger charge is -2.42. The molecule has 0 radical (unpaired) electrons. The first-order chi connectivity index (χ1) is 12.0. The highest BCUT2D eigenvalue weighted by Gasteiger charge is 2.49. The van der Waals surface area contributed by atoms with Gasteiger partial charge in [-0.15, -0.1) is 0 Å². The molecule has 1 atom stereocenters. The third-order valence-corrected chi connectivity index (χ3v) is 5.75. The van der Waals surface area contributed by atoms with Crippen molar-refractivity contribution in [1.29, 1.82) is 0 Å². The van der Waals surface area contributed by atoms with Crippen molar-refractivity contribution in [3.05, 3.63) is 29.8 Å². The van der Waals surface area contributed by atoms with Gasteiger partial charge in [0.25, 0.3) is 0 Å². The summed E-state index contributed by atoms with van der Waals surface area (Å²) in [5, 5.41) is 3.22. The van der Waals surface area contributed by atoms with Gasteiger partial charge in [-0.1, -0.05) is 18.2 Å². The molecular formula is C19H25N3O3. The predicted octanol–water partition coefficient (Wildman–Crippen LogP) is 0.963. The Hall–Kier alpha value is -2.08. The lowest BCUT2D eigenvalue weighted by molar-refractivity contribution is -0.132. The number of carbonyl (C=O) groups excluding carboxylic acids is 2. The summed E-state index contributed by atoms with van der Waals surface area (Å²) in [7, 11) is 3.70. The maximum atomic E-state index is 12.8. The number of ether oxygens (including phenoxy) is 1. The van der Waals surface area contributed by atoms with Crippen LogP contribution >= 0.6 is 0 Å². The second-order valence-corrected chi connectivity index (χ2v) is 7.59. The SMILES string of the molecule is COc1ccccc1C1(NC(=O)C2CC(=O)N(C3CN(C)C3)C2)CC1. The van der Waals surface area contributed by atoms with Crippen molar-refractivity contribution in [1.82, 2.24) is 15.1 Å². The monoisotopic (exact) mass is 343 g/mol. The van der Waals surface area contributed by atoms with Gasteiger partial charge in [0.1, 0.15) is 5.75 Å². The van der Waals surface area contributed by atoms with Crippen LogP contribution in [0.25, 0.3) is 0 Å². The fraction of sp³-hybridized carbons (Fsp3) is 0.579. The van der Waals surface area contributed by atoms with E-state index in [0.29, 0.717) is 13.0 Å². The number of methoxy groups -OCH3 is 1. The lowest BCUT2D eigenvalue weighted by Crippen LogP contribution is -2.58. The Balaban J connectivity index is 1.43. The molecule has 1 unspecified atom stereocenters. The Kier molecular flexibility index (Phi) is 3.95. The number of benzene rings is 1. The van der Waals surface area contributed by atoms with Gasteiger partial charge < -0.3 is 19.9 Å². The fourth-order valence-corrected chi connectivity index (χ4v) is 4.09. The third-order valence-electron chi connectivity index (χ3n) is 5.75. The molecular weight excluding hydrogens is 318 g/mol. The molecule has 1 aliphatic carbocycles. The molecule has 1 aromatic carbocycles. The molecule has 2 saturated heterocycles. The van der Waals surface area contributed by atoms with E-state index in [4.69, 9.17) is 4.74 Å². The van der Waals surface area contributed by atoms with E-state index in [0.717, 1.165) is 37.2 Å². The van der Waals surface area contributed by atoms with Gasteiger partial charge in [-0.2, -0.15) is 0 Å². The number of para-hydroxylation sites is 1. The first kappa shape index (κ1) is 16.4. The molecule has 0 spiro atoms. The topological polar surface area (TPSA) is 61.9 Å². The van der Waals surface area contributed by atoms with Crippen molar-refractivity contribution in [3.8, 4) is 5.75 Å².